The predicted octanol–water partition coefficient (Wildman–Crippen LogP) is 2.88. The number of hydrazine groups is 1. The van der Waals surface area contributed by atoms with Gasteiger partial charge in [0.15, 0.2) is 0 Å². The molecule has 1 amide bonds. The van der Waals surface area contributed by atoms with Crippen molar-refractivity contribution in [2.24, 2.45) is 0 Å². The van der Waals surface area contributed by atoms with Crippen LogP contribution in [0.1, 0.15) is 5.56 Å². The van der Waals surface area contributed by atoms with E-state index in [9.17, 15) is 23.7 Å². The Kier molecular flexibility index (Phi) is 5.61. The molecule has 0 aliphatic heterocycles. The van der Waals surface area contributed by atoms with Gasteiger partial charge < -0.3 is 4.74 Å². The second kappa shape index (κ2) is 7.86. The van der Waals surface area contributed by atoms with Crippen LogP contribution in [0.4, 0.5) is 20.2 Å². The summed E-state index contributed by atoms with van der Waals surface area (Å²) in [5.41, 5.74) is 5.37. The fourth-order valence-corrected chi connectivity index (χ4v) is 1.89. The lowest BCUT2D eigenvalue weighted by Gasteiger charge is -2.09. The largest absolute Gasteiger partial charge is 0.435 e. The van der Waals surface area contributed by atoms with E-state index in [-0.39, 0.29) is 23.5 Å². The zero-order chi connectivity index (χ0) is 17.5. The quantitative estimate of drug-likeness (QED) is 0.598. The van der Waals surface area contributed by atoms with Gasteiger partial charge in [0.25, 0.3) is 5.69 Å². The monoisotopic (exact) mass is 337 g/mol. The molecule has 0 aliphatic rings. The molecule has 0 atom stereocenters. The van der Waals surface area contributed by atoms with E-state index in [1.54, 1.807) is 6.07 Å². The first-order chi connectivity index (χ1) is 11.5. The highest BCUT2D eigenvalue weighted by atomic mass is 19.3. The molecule has 9 heteroatoms. The first-order valence-electron chi connectivity index (χ1n) is 6.77. The lowest BCUT2D eigenvalue weighted by Crippen LogP contribution is -2.31. The first kappa shape index (κ1) is 17.1. The molecule has 0 fully saturated rings. The number of hydrogen-bond acceptors (Lipinski definition) is 5. The second-order valence-corrected chi connectivity index (χ2v) is 4.65. The third-order valence-corrected chi connectivity index (χ3v) is 2.95. The van der Waals surface area contributed by atoms with Gasteiger partial charge in [0.2, 0.25) is 5.91 Å². The second-order valence-electron chi connectivity index (χ2n) is 4.65. The van der Waals surface area contributed by atoms with Crippen molar-refractivity contribution in [1.82, 2.24) is 5.43 Å². The molecule has 0 spiro atoms. The molecule has 0 unspecified atom stereocenters. The highest BCUT2D eigenvalue weighted by Gasteiger charge is 2.13. The Balaban J connectivity index is 1.91. The highest BCUT2D eigenvalue weighted by Crippen LogP contribution is 2.22. The Labute approximate surface area is 135 Å². The number of hydrogen-bond donors (Lipinski definition) is 2. The number of alkyl halides is 2. The van der Waals surface area contributed by atoms with Crippen LogP contribution in [0.25, 0.3) is 0 Å². The van der Waals surface area contributed by atoms with Crippen LogP contribution in [0, 0.1) is 10.1 Å². The summed E-state index contributed by atoms with van der Waals surface area (Å²) in [7, 11) is 0. The smallest absolute Gasteiger partial charge is 0.387 e. The summed E-state index contributed by atoms with van der Waals surface area (Å²) in [6.07, 6.45) is -0.0391. The van der Waals surface area contributed by atoms with Gasteiger partial charge in [-0.1, -0.05) is 24.3 Å². The summed E-state index contributed by atoms with van der Waals surface area (Å²) in [6, 6.07) is 11.4. The van der Waals surface area contributed by atoms with Crippen molar-refractivity contribution in [3.8, 4) is 5.75 Å². The number of carbonyl (C=O) groups excluding carboxylic acids is 1. The molecule has 0 saturated carbocycles. The van der Waals surface area contributed by atoms with Crippen molar-refractivity contribution in [1.29, 1.82) is 0 Å². The number of carbonyl (C=O) groups is 1. The Morgan fingerprint density at radius 1 is 1.17 bits per heavy atom. The lowest BCUT2D eigenvalue weighted by atomic mass is 10.1. The van der Waals surface area contributed by atoms with Crippen molar-refractivity contribution < 1.29 is 23.2 Å². The van der Waals surface area contributed by atoms with Gasteiger partial charge in [0.05, 0.1) is 11.3 Å². The van der Waals surface area contributed by atoms with Crippen LogP contribution in [-0.4, -0.2) is 17.4 Å². The molecule has 0 radical (unpaired) electrons. The van der Waals surface area contributed by atoms with Crippen LogP contribution >= 0.6 is 0 Å². The normalized spacial score (nSPS) is 10.3. The summed E-state index contributed by atoms with van der Waals surface area (Å²) < 4.78 is 28.3. The van der Waals surface area contributed by atoms with Crippen molar-refractivity contribution in [2.75, 3.05) is 5.43 Å². The maximum absolute atomic E-state index is 12.0. The molecule has 2 N–H and O–H groups in total. The molecular weight excluding hydrogens is 324 g/mol. The topological polar surface area (TPSA) is 93.5 Å². The zero-order valence-electron chi connectivity index (χ0n) is 12.2. The molecule has 0 saturated heterocycles. The van der Waals surface area contributed by atoms with Crippen LogP contribution < -0.4 is 15.6 Å². The highest BCUT2D eigenvalue weighted by molar-refractivity contribution is 5.80. The van der Waals surface area contributed by atoms with Gasteiger partial charge in [-0.3, -0.25) is 25.8 Å². The van der Waals surface area contributed by atoms with E-state index in [4.69, 9.17) is 0 Å². The molecule has 2 aromatic carbocycles. The average Bonchev–Trinajstić information content (AvgIpc) is 2.54. The summed E-state index contributed by atoms with van der Waals surface area (Å²) >= 11 is 0. The van der Waals surface area contributed by atoms with E-state index in [0.29, 0.717) is 5.56 Å². The molecule has 7 nitrogen and oxygen atoms in total. The fraction of sp³-hybridized carbons (Fsp3) is 0.133. The number of anilines is 1. The Morgan fingerprint density at radius 3 is 2.46 bits per heavy atom. The van der Waals surface area contributed by atoms with E-state index in [0.717, 1.165) is 0 Å². The summed E-state index contributed by atoms with van der Waals surface area (Å²) in [5.74, 6) is -0.456. The number of nitro groups is 1. The molecule has 2 rings (SSSR count). The molecule has 0 aromatic heterocycles. The van der Waals surface area contributed by atoms with Crippen LogP contribution in [0.5, 0.6) is 5.75 Å². The Hall–Kier alpha value is -3.23. The van der Waals surface area contributed by atoms with Crippen molar-refractivity contribution in [3.05, 3.63) is 64.2 Å². The number of nitrogens with one attached hydrogen (secondary N) is 2. The van der Waals surface area contributed by atoms with Gasteiger partial charge in [-0.2, -0.15) is 8.78 Å². The minimum Gasteiger partial charge on any atom is -0.435 e. The van der Waals surface area contributed by atoms with E-state index in [1.807, 2.05) is 0 Å². The number of nitro benzene ring substituents is 1. The number of halogens is 2. The number of rotatable bonds is 7. The molecule has 2 aromatic rings. The average molecular weight is 337 g/mol. The van der Waals surface area contributed by atoms with Crippen molar-refractivity contribution >= 4 is 17.3 Å². The van der Waals surface area contributed by atoms with E-state index < -0.39 is 17.4 Å². The first-order valence-corrected chi connectivity index (χ1v) is 6.77. The lowest BCUT2D eigenvalue weighted by molar-refractivity contribution is -0.384. The van der Waals surface area contributed by atoms with Gasteiger partial charge in [-0.15, -0.1) is 0 Å². The van der Waals surface area contributed by atoms with Gasteiger partial charge in [-0.05, 0) is 23.8 Å². The zero-order valence-corrected chi connectivity index (χ0v) is 12.2. The standard InChI is InChI=1S/C15H13F2N3O4/c16-15(17)24-11-7-5-10(6-8-11)9-14(21)19-18-12-3-1-2-4-13(12)20(22)23/h1-8,15,18H,9H2,(H,19,21). The van der Waals surface area contributed by atoms with Gasteiger partial charge in [0.1, 0.15) is 11.4 Å². The minimum atomic E-state index is -2.91. The SMILES string of the molecule is O=C(Cc1ccc(OC(F)F)cc1)NNc1ccccc1[N+](=O)[O-]. The number of nitrogens with zero attached hydrogens (tertiary/aromatic N) is 1. The van der Waals surface area contributed by atoms with Gasteiger partial charge in [0, 0.05) is 6.07 Å². The Bertz CT molecular complexity index is 723. The fourth-order valence-electron chi connectivity index (χ4n) is 1.89. The van der Waals surface area contributed by atoms with Crippen molar-refractivity contribution in [2.45, 2.75) is 13.0 Å². The van der Waals surface area contributed by atoms with Crippen LogP contribution in [-0.2, 0) is 11.2 Å². The molecule has 24 heavy (non-hydrogen) atoms. The molecule has 126 valence electrons. The van der Waals surface area contributed by atoms with Crippen LogP contribution in [0.3, 0.4) is 0 Å². The molecule has 0 aliphatic carbocycles. The van der Waals surface area contributed by atoms with Gasteiger partial charge >= 0.3 is 6.61 Å². The van der Waals surface area contributed by atoms with Crippen molar-refractivity contribution in [3.63, 3.8) is 0 Å². The number of ether oxygens (including phenoxy) is 1. The third kappa shape index (κ3) is 4.90. The minimum absolute atomic E-state index is 0.00723. The van der Waals surface area contributed by atoms with Crippen LogP contribution in [0.2, 0.25) is 0 Å². The number of amides is 1. The van der Waals surface area contributed by atoms with E-state index in [2.05, 4.69) is 15.6 Å². The molecule has 0 bridgehead atoms. The predicted molar refractivity (Wildman–Crippen MR) is 81.6 cm³/mol. The maximum atomic E-state index is 12.0. The summed E-state index contributed by atoms with van der Waals surface area (Å²) in [6.45, 7) is -2.91. The molecule has 0 heterocycles. The number of benzene rings is 2. The summed E-state index contributed by atoms with van der Waals surface area (Å²) in [5, 5.41) is 10.9. The van der Waals surface area contributed by atoms with E-state index in [1.165, 1.54) is 42.5 Å². The summed E-state index contributed by atoms with van der Waals surface area (Å²) in [4.78, 5) is 22.1. The van der Waals surface area contributed by atoms with Gasteiger partial charge in [-0.25, -0.2) is 0 Å². The van der Waals surface area contributed by atoms with E-state index >= 15 is 0 Å². The van der Waals surface area contributed by atoms with Crippen LogP contribution in [0.15, 0.2) is 48.5 Å². The Morgan fingerprint density at radius 2 is 1.83 bits per heavy atom. The maximum Gasteiger partial charge on any atom is 0.387 e. The number of para-hydroxylation sites is 2. The molecular formula is C15H13F2N3O4. The third-order valence-electron chi connectivity index (χ3n) is 2.95.